The van der Waals surface area contributed by atoms with Crippen LogP contribution in [0.25, 0.3) is 0 Å². The summed E-state index contributed by atoms with van der Waals surface area (Å²) in [5.74, 6) is -0.361. The van der Waals surface area contributed by atoms with Crippen LogP contribution in [0.2, 0.25) is 0 Å². The van der Waals surface area contributed by atoms with Crippen LogP contribution in [-0.4, -0.2) is 23.8 Å². The number of carbonyl (C=O) groups is 1. The first-order chi connectivity index (χ1) is 4.72. The van der Waals surface area contributed by atoms with Crippen LogP contribution in [0.3, 0.4) is 0 Å². The van der Waals surface area contributed by atoms with Crippen molar-refractivity contribution in [3.63, 3.8) is 0 Å². The number of esters is 1. The minimum Gasteiger partial charge on any atom is -0.464 e. The number of thiocarbonyl (C=S) groups is 1. The quantitative estimate of drug-likeness (QED) is 0.351. The van der Waals surface area contributed by atoms with E-state index in [1.165, 1.54) is 0 Å². The van der Waals surface area contributed by atoms with E-state index in [1.807, 2.05) is 0 Å². The maximum Gasteiger partial charge on any atom is 0.331 e. The highest BCUT2D eigenvalue weighted by Crippen LogP contribution is 1.91. The number of hydrogen-bond donors (Lipinski definition) is 0. The Bertz CT molecular complexity index is 163. The Balaban J connectivity index is 3.81. The van der Waals surface area contributed by atoms with Gasteiger partial charge in [0.15, 0.2) is 6.04 Å². The second-order valence-electron chi connectivity index (χ2n) is 1.65. The molecule has 4 heteroatoms. The van der Waals surface area contributed by atoms with Gasteiger partial charge < -0.3 is 4.74 Å². The van der Waals surface area contributed by atoms with Gasteiger partial charge in [-0.3, -0.25) is 0 Å². The lowest BCUT2D eigenvalue weighted by Gasteiger charge is -2.02. The summed E-state index contributed by atoms with van der Waals surface area (Å²) in [5.41, 5.74) is 0. The van der Waals surface area contributed by atoms with Gasteiger partial charge >= 0.3 is 5.97 Å². The normalized spacial score (nSPS) is 11.4. The summed E-state index contributed by atoms with van der Waals surface area (Å²) in [4.78, 5) is 14.3. The predicted octanol–water partition coefficient (Wildman–Crippen LogP) is 1.04. The molecule has 0 aromatic rings. The molecule has 0 radical (unpaired) electrons. The van der Waals surface area contributed by atoms with Crippen molar-refractivity contribution >= 4 is 23.3 Å². The van der Waals surface area contributed by atoms with Crippen LogP contribution in [0, 0.1) is 0 Å². The summed E-state index contributed by atoms with van der Waals surface area (Å²) in [6.45, 7) is 3.72. The standard InChI is InChI=1S/C6H9NO2S/c1-3-9-6(8)5(2)7-4-10/h5H,3H2,1-2H3/t5-/m1/s1. The van der Waals surface area contributed by atoms with Crippen molar-refractivity contribution < 1.29 is 9.53 Å². The molecule has 0 N–H and O–H groups in total. The summed E-state index contributed by atoms with van der Waals surface area (Å²) in [7, 11) is 0. The zero-order chi connectivity index (χ0) is 7.98. The van der Waals surface area contributed by atoms with Crippen LogP contribution in [-0.2, 0) is 9.53 Å². The first-order valence-electron chi connectivity index (χ1n) is 2.96. The Kier molecular flexibility index (Phi) is 4.72. The van der Waals surface area contributed by atoms with Gasteiger partial charge in [-0.1, -0.05) is 0 Å². The van der Waals surface area contributed by atoms with Gasteiger partial charge in [0, 0.05) is 0 Å². The summed E-state index contributed by atoms with van der Waals surface area (Å²) < 4.78 is 4.64. The number of nitrogens with zero attached hydrogens (tertiary/aromatic N) is 1. The molecule has 3 nitrogen and oxygen atoms in total. The lowest BCUT2D eigenvalue weighted by atomic mass is 10.4. The Hall–Kier alpha value is -0.730. The van der Waals surface area contributed by atoms with Crippen LogP contribution in [0.15, 0.2) is 4.99 Å². The fourth-order valence-electron chi connectivity index (χ4n) is 0.395. The van der Waals surface area contributed by atoms with Crippen molar-refractivity contribution in [2.24, 2.45) is 4.99 Å². The van der Waals surface area contributed by atoms with Crippen molar-refractivity contribution in [2.75, 3.05) is 6.61 Å². The molecule has 0 saturated carbocycles. The van der Waals surface area contributed by atoms with Crippen molar-refractivity contribution in [1.82, 2.24) is 0 Å². The molecule has 0 aliphatic rings. The summed E-state index contributed by atoms with van der Waals surface area (Å²) in [5, 5.41) is 2.11. The van der Waals surface area contributed by atoms with Crippen LogP contribution < -0.4 is 0 Å². The average molecular weight is 159 g/mol. The molecule has 0 spiro atoms. The number of isothiocyanates is 1. The molecule has 0 aromatic heterocycles. The number of aliphatic imine (C=N–C) groups is 1. The highest BCUT2D eigenvalue weighted by Gasteiger charge is 2.10. The monoisotopic (exact) mass is 159 g/mol. The summed E-state index contributed by atoms with van der Waals surface area (Å²) in [6.07, 6.45) is 0. The molecule has 0 rings (SSSR count). The fraction of sp³-hybridized carbons (Fsp3) is 0.667. The van der Waals surface area contributed by atoms with Crippen molar-refractivity contribution in [1.29, 1.82) is 0 Å². The molecule has 0 unspecified atom stereocenters. The van der Waals surface area contributed by atoms with Crippen molar-refractivity contribution in [3.05, 3.63) is 0 Å². The van der Waals surface area contributed by atoms with Crippen LogP contribution in [0.4, 0.5) is 0 Å². The SMILES string of the molecule is CCOC(=O)[C@@H](C)N=C=S. The largest absolute Gasteiger partial charge is 0.464 e. The van der Waals surface area contributed by atoms with E-state index in [0.29, 0.717) is 6.61 Å². The molecule has 0 heterocycles. The van der Waals surface area contributed by atoms with Gasteiger partial charge in [0.05, 0.1) is 11.8 Å². The minimum atomic E-state index is -0.516. The third-order valence-corrected chi connectivity index (χ3v) is 0.979. The molecule has 0 saturated heterocycles. The number of carbonyl (C=O) groups excluding carboxylic acids is 1. The van der Waals surface area contributed by atoms with E-state index in [4.69, 9.17) is 0 Å². The molecule has 1 atom stereocenters. The maximum atomic E-state index is 10.7. The highest BCUT2D eigenvalue weighted by molar-refractivity contribution is 7.78. The number of rotatable bonds is 3. The van der Waals surface area contributed by atoms with Crippen LogP contribution in [0.5, 0.6) is 0 Å². The van der Waals surface area contributed by atoms with E-state index in [-0.39, 0.29) is 5.97 Å². The molecule has 0 aliphatic heterocycles. The molecule has 56 valence electrons. The lowest BCUT2D eigenvalue weighted by molar-refractivity contribution is -0.144. The summed E-state index contributed by atoms with van der Waals surface area (Å²) >= 11 is 4.31. The van der Waals surface area contributed by atoms with E-state index < -0.39 is 6.04 Å². The first kappa shape index (κ1) is 9.27. The third-order valence-electron chi connectivity index (χ3n) is 0.874. The minimum absolute atomic E-state index is 0.361. The molecule has 0 amide bonds. The van der Waals surface area contributed by atoms with E-state index >= 15 is 0 Å². The second-order valence-corrected chi connectivity index (χ2v) is 1.83. The zero-order valence-electron chi connectivity index (χ0n) is 5.96. The topological polar surface area (TPSA) is 38.7 Å². The smallest absolute Gasteiger partial charge is 0.331 e. The Morgan fingerprint density at radius 2 is 2.50 bits per heavy atom. The van der Waals surface area contributed by atoms with Gasteiger partial charge in [-0.2, -0.15) is 0 Å². The highest BCUT2D eigenvalue weighted by atomic mass is 32.1. The number of hydrogen-bond acceptors (Lipinski definition) is 4. The van der Waals surface area contributed by atoms with E-state index in [0.717, 1.165) is 0 Å². The van der Waals surface area contributed by atoms with Gasteiger partial charge in [0.1, 0.15) is 0 Å². The Morgan fingerprint density at radius 1 is 1.90 bits per heavy atom. The predicted molar refractivity (Wildman–Crippen MR) is 41.1 cm³/mol. The van der Waals surface area contributed by atoms with E-state index in [1.54, 1.807) is 13.8 Å². The Labute approximate surface area is 65.1 Å². The van der Waals surface area contributed by atoms with E-state index in [2.05, 4.69) is 27.1 Å². The molecule has 0 fully saturated rings. The van der Waals surface area contributed by atoms with Crippen LogP contribution >= 0.6 is 12.2 Å². The molecule has 10 heavy (non-hydrogen) atoms. The van der Waals surface area contributed by atoms with Gasteiger partial charge in [-0.05, 0) is 26.1 Å². The second kappa shape index (κ2) is 5.09. The molecule has 0 aromatic carbocycles. The van der Waals surface area contributed by atoms with Crippen molar-refractivity contribution in [2.45, 2.75) is 19.9 Å². The summed E-state index contributed by atoms with van der Waals surface area (Å²) in [6, 6.07) is -0.516. The molecular formula is C6H9NO2S. The maximum absolute atomic E-state index is 10.7. The third kappa shape index (κ3) is 3.33. The van der Waals surface area contributed by atoms with Gasteiger partial charge in [0.25, 0.3) is 0 Å². The van der Waals surface area contributed by atoms with Gasteiger partial charge in [-0.15, -0.1) is 0 Å². The molecule has 0 aliphatic carbocycles. The van der Waals surface area contributed by atoms with Crippen LogP contribution in [0.1, 0.15) is 13.8 Å². The zero-order valence-corrected chi connectivity index (χ0v) is 6.77. The van der Waals surface area contributed by atoms with Gasteiger partial charge in [-0.25, -0.2) is 9.79 Å². The van der Waals surface area contributed by atoms with Gasteiger partial charge in [0.2, 0.25) is 0 Å². The molecule has 0 bridgehead atoms. The van der Waals surface area contributed by atoms with Crippen molar-refractivity contribution in [3.8, 4) is 0 Å². The average Bonchev–Trinajstić information content (AvgIpc) is 1.89. The fourth-order valence-corrected chi connectivity index (χ4v) is 0.553. The van der Waals surface area contributed by atoms with E-state index in [9.17, 15) is 4.79 Å². The first-order valence-corrected chi connectivity index (χ1v) is 3.36. The molecular weight excluding hydrogens is 150 g/mol. The number of ether oxygens (including phenoxy) is 1. The lowest BCUT2D eigenvalue weighted by Crippen LogP contribution is -2.17. The Morgan fingerprint density at radius 3 is 2.90 bits per heavy atom.